The van der Waals surface area contributed by atoms with Crippen LogP contribution in [0.5, 0.6) is 0 Å². The van der Waals surface area contributed by atoms with Crippen molar-refractivity contribution in [2.45, 2.75) is 45.1 Å². The van der Waals surface area contributed by atoms with E-state index in [1.54, 1.807) is 4.31 Å². The van der Waals surface area contributed by atoms with E-state index in [9.17, 15) is 8.42 Å². The number of rotatable bonds is 9. The van der Waals surface area contributed by atoms with Gasteiger partial charge in [0, 0.05) is 24.6 Å². The van der Waals surface area contributed by atoms with Crippen LogP contribution in [-0.2, 0) is 16.4 Å². The number of fused-ring (bicyclic) bond motifs is 1. The number of aryl methyl sites for hydroxylation is 1. The summed E-state index contributed by atoms with van der Waals surface area (Å²) in [6.07, 6.45) is 15.3. The van der Waals surface area contributed by atoms with Gasteiger partial charge in [0.05, 0.1) is 34.9 Å². The summed E-state index contributed by atoms with van der Waals surface area (Å²) >= 11 is 6.62. The number of piperidine rings is 1. The smallest absolute Gasteiger partial charge is 0.211 e. The van der Waals surface area contributed by atoms with E-state index < -0.39 is 10.0 Å². The first kappa shape index (κ1) is 26.5. The maximum Gasteiger partial charge on any atom is 0.211 e. The van der Waals surface area contributed by atoms with Crippen LogP contribution in [0.25, 0.3) is 10.8 Å². The van der Waals surface area contributed by atoms with Crippen LogP contribution in [0.15, 0.2) is 65.6 Å². The molecule has 2 aromatic rings. The summed E-state index contributed by atoms with van der Waals surface area (Å²) in [6, 6.07) is 7.87. The van der Waals surface area contributed by atoms with Crippen LogP contribution < -0.4 is 11.1 Å². The number of pyridine rings is 1. The Bertz CT molecular complexity index is 1330. The van der Waals surface area contributed by atoms with Gasteiger partial charge in [-0.05, 0) is 80.8 Å². The van der Waals surface area contributed by atoms with E-state index in [4.69, 9.17) is 27.3 Å². The van der Waals surface area contributed by atoms with Gasteiger partial charge < -0.3 is 5.73 Å². The second-order valence-corrected chi connectivity index (χ2v) is 11.9. The van der Waals surface area contributed by atoms with Crippen molar-refractivity contribution in [3.63, 3.8) is 0 Å². The summed E-state index contributed by atoms with van der Waals surface area (Å²) in [5.74, 6) is 0.534. The standard InChI is InChI=1S/C27H34ClN5O2S/c1-19(31-24(11-14-29)23-10-5-15-30-23)26-18-21-7-4-8-22(28)27(21)25(32-26)9-3-6-20-12-16-33(17-13-20)36(2,34)35/h4-5,7-8,10-11,14-15,18-20,30H,3,6,9,12-13,16-17,29H2,1-2H3/p+1. The zero-order valence-electron chi connectivity index (χ0n) is 20.9. The molecule has 1 atom stereocenters. The lowest BCUT2D eigenvalue weighted by Gasteiger charge is -2.30. The van der Waals surface area contributed by atoms with E-state index in [0.717, 1.165) is 65.7 Å². The molecule has 0 spiro atoms. The summed E-state index contributed by atoms with van der Waals surface area (Å²) in [4.78, 5) is 9.98. The van der Waals surface area contributed by atoms with Gasteiger partial charge in [0.25, 0.3) is 0 Å². The van der Waals surface area contributed by atoms with Crippen LogP contribution in [0.2, 0.25) is 5.02 Å². The zero-order valence-corrected chi connectivity index (χ0v) is 22.5. The largest absolute Gasteiger partial charge is 0.405 e. The second-order valence-electron chi connectivity index (χ2n) is 9.55. The Kier molecular flexibility index (Phi) is 8.62. The monoisotopic (exact) mass is 528 g/mol. The van der Waals surface area contributed by atoms with E-state index in [1.807, 2.05) is 48.8 Å². The number of nitrogens with zero attached hydrogens (tertiary/aromatic N) is 3. The predicted octanol–water partition coefficient (Wildman–Crippen LogP) is 3.83. The molecule has 0 aliphatic carbocycles. The van der Waals surface area contributed by atoms with E-state index in [2.05, 4.69) is 12.1 Å². The van der Waals surface area contributed by atoms with E-state index in [-0.39, 0.29) is 6.04 Å². The van der Waals surface area contributed by atoms with Gasteiger partial charge in [-0.25, -0.2) is 12.7 Å². The van der Waals surface area contributed by atoms with Crippen LogP contribution in [0.1, 0.15) is 50.0 Å². The van der Waals surface area contributed by atoms with Crippen molar-refractivity contribution in [1.82, 2.24) is 9.29 Å². The molecule has 1 fully saturated rings. The van der Waals surface area contributed by atoms with Crippen molar-refractivity contribution < 1.29 is 13.7 Å². The highest BCUT2D eigenvalue weighted by Crippen LogP contribution is 2.31. The molecule has 3 heterocycles. The molecule has 1 aromatic carbocycles. The van der Waals surface area contributed by atoms with Crippen LogP contribution in [0, 0.1) is 5.92 Å². The minimum atomic E-state index is -3.09. The second kappa shape index (κ2) is 11.7. The first-order chi connectivity index (χ1) is 17.3. The number of benzene rings is 1. The third-order valence-electron chi connectivity index (χ3n) is 6.94. The molecule has 4 N–H and O–H groups in total. The molecule has 192 valence electrons. The van der Waals surface area contributed by atoms with E-state index in [0.29, 0.717) is 24.0 Å². The number of sulfonamides is 1. The molecular formula is C27H35ClN5O2S+. The lowest BCUT2D eigenvalue weighted by atomic mass is 9.91. The average molecular weight is 529 g/mol. The molecule has 1 unspecified atom stereocenters. The van der Waals surface area contributed by atoms with Crippen LogP contribution in [-0.4, -0.2) is 42.8 Å². The highest BCUT2D eigenvalue weighted by molar-refractivity contribution is 7.88. The Morgan fingerprint density at radius 3 is 2.81 bits per heavy atom. The summed E-state index contributed by atoms with van der Waals surface area (Å²) < 4.78 is 25.2. The van der Waals surface area contributed by atoms with Gasteiger partial charge in [-0.2, -0.15) is 0 Å². The number of aromatic nitrogens is 1. The van der Waals surface area contributed by atoms with Gasteiger partial charge in [-0.1, -0.05) is 23.7 Å². The maximum absolute atomic E-state index is 11.8. The number of allylic oxidation sites excluding steroid dienone is 3. The van der Waals surface area contributed by atoms with Gasteiger partial charge in [-0.15, -0.1) is 0 Å². The zero-order chi connectivity index (χ0) is 25.7. The quantitative estimate of drug-likeness (QED) is 0.482. The number of aliphatic imine (C=N–C) groups is 1. The molecule has 0 bridgehead atoms. The number of nitrogens with two attached hydrogens (primary N) is 2. The summed E-state index contributed by atoms with van der Waals surface area (Å²) in [6.45, 7) is 3.28. The molecule has 0 amide bonds. The molecule has 7 nitrogen and oxygen atoms in total. The Morgan fingerprint density at radius 1 is 1.36 bits per heavy atom. The van der Waals surface area contributed by atoms with Crippen molar-refractivity contribution in [3.8, 4) is 0 Å². The fourth-order valence-electron chi connectivity index (χ4n) is 4.98. The molecule has 36 heavy (non-hydrogen) atoms. The Balaban J connectivity index is 1.52. The molecule has 2 aliphatic rings. The summed E-state index contributed by atoms with van der Waals surface area (Å²) in [5, 5.41) is 4.80. The molecule has 0 radical (unpaired) electrons. The van der Waals surface area contributed by atoms with Crippen molar-refractivity contribution in [1.29, 1.82) is 0 Å². The molecule has 2 aliphatic heterocycles. The summed E-state index contributed by atoms with van der Waals surface area (Å²) in [7, 11) is -3.09. The number of hydrogen-bond donors (Lipinski definition) is 2. The first-order valence-electron chi connectivity index (χ1n) is 12.5. The maximum atomic E-state index is 11.8. The fraction of sp³-hybridized carbons (Fsp3) is 0.407. The number of halogens is 1. The SMILES string of the molecule is CC(N=C(C=CN)C1=CC=C[NH2+]1)c1cc2cccc(Cl)c2c(CCCC2CCN(S(C)(=O)=O)CC2)n1. The topological polar surface area (TPSA) is 105 Å². The van der Waals surface area contributed by atoms with Crippen LogP contribution in [0.3, 0.4) is 0 Å². The molecule has 1 saturated heterocycles. The van der Waals surface area contributed by atoms with Gasteiger partial charge in [0.15, 0.2) is 5.70 Å². The molecular weight excluding hydrogens is 494 g/mol. The van der Waals surface area contributed by atoms with Crippen LogP contribution in [0.4, 0.5) is 0 Å². The normalized spacial score (nSPS) is 18.9. The van der Waals surface area contributed by atoms with E-state index >= 15 is 0 Å². The molecule has 0 saturated carbocycles. The number of hydrogen-bond acceptors (Lipinski definition) is 5. The van der Waals surface area contributed by atoms with Crippen LogP contribution >= 0.6 is 11.6 Å². The highest BCUT2D eigenvalue weighted by Gasteiger charge is 2.25. The van der Waals surface area contributed by atoms with Crippen molar-refractivity contribution in [2.24, 2.45) is 16.6 Å². The number of quaternary nitrogens is 1. The first-order valence-corrected chi connectivity index (χ1v) is 14.7. The average Bonchev–Trinajstić information content (AvgIpc) is 3.38. The minimum Gasteiger partial charge on any atom is -0.405 e. The van der Waals surface area contributed by atoms with Crippen molar-refractivity contribution in [3.05, 3.63) is 77.0 Å². The van der Waals surface area contributed by atoms with Crippen molar-refractivity contribution in [2.75, 3.05) is 19.3 Å². The third-order valence-corrected chi connectivity index (χ3v) is 8.56. The lowest BCUT2D eigenvalue weighted by Crippen LogP contribution is -2.75. The lowest BCUT2D eigenvalue weighted by molar-refractivity contribution is -0.521. The fourth-order valence-corrected chi connectivity index (χ4v) is 6.14. The third kappa shape index (κ3) is 6.42. The van der Waals surface area contributed by atoms with Gasteiger partial charge in [0.2, 0.25) is 10.0 Å². The van der Waals surface area contributed by atoms with Gasteiger partial charge >= 0.3 is 0 Å². The van der Waals surface area contributed by atoms with Crippen molar-refractivity contribution >= 4 is 38.1 Å². The van der Waals surface area contributed by atoms with E-state index in [1.165, 1.54) is 12.5 Å². The Morgan fingerprint density at radius 2 is 2.14 bits per heavy atom. The molecule has 9 heteroatoms. The molecule has 4 rings (SSSR count). The summed E-state index contributed by atoms with van der Waals surface area (Å²) in [5.41, 5.74) is 9.43. The Labute approximate surface area is 218 Å². The minimum absolute atomic E-state index is 0.159. The highest BCUT2D eigenvalue weighted by atomic mass is 35.5. The predicted molar refractivity (Wildman–Crippen MR) is 147 cm³/mol. The van der Waals surface area contributed by atoms with Gasteiger partial charge in [-0.3, -0.25) is 15.3 Å². The van der Waals surface area contributed by atoms with Gasteiger partial charge in [0.1, 0.15) is 5.71 Å². The molecule has 1 aromatic heterocycles. The Hall–Kier alpha value is -2.52.